The van der Waals surface area contributed by atoms with Crippen LogP contribution >= 0.6 is 0 Å². The summed E-state index contributed by atoms with van der Waals surface area (Å²) < 4.78 is 11.4. The topological polar surface area (TPSA) is 59.7 Å². The van der Waals surface area contributed by atoms with Crippen molar-refractivity contribution in [2.75, 3.05) is 6.61 Å². The van der Waals surface area contributed by atoms with Crippen LogP contribution in [0.3, 0.4) is 0 Å². The van der Waals surface area contributed by atoms with Crippen molar-refractivity contribution < 1.29 is 14.3 Å². The van der Waals surface area contributed by atoms with Gasteiger partial charge in [-0.3, -0.25) is 4.79 Å². The lowest BCUT2D eigenvalue weighted by Crippen LogP contribution is -2.02. The Bertz CT molecular complexity index is 866. The van der Waals surface area contributed by atoms with Crippen LogP contribution in [0.5, 0.6) is 11.5 Å². The van der Waals surface area contributed by atoms with Crippen LogP contribution in [-0.4, -0.2) is 11.7 Å². The second-order valence-corrected chi connectivity index (χ2v) is 5.36. The third-order valence-electron chi connectivity index (χ3n) is 3.61. The summed E-state index contributed by atoms with van der Waals surface area (Å²) in [6.45, 7) is 2.64. The molecular formula is C19H18O4. The van der Waals surface area contributed by atoms with E-state index in [4.69, 9.17) is 9.15 Å². The summed E-state index contributed by atoms with van der Waals surface area (Å²) in [6.07, 6.45) is 1.94. The summed E-state index contributed by atoms with van der Waals surface area (Å²) in [5.74, 6) is 0.840. The first-order valence-electron chi connectivity index (χ1n) is 7.68. The Labute approximate surface area is 134 Å². The average molecular weight is 310 g/mol. The Morgan fingerprint density at radius 2 is 1.91 bits per heavy atom. The number of benzene rings is 2. The summed E-state index contributed by atoms with van der Waals surface area (Å²) in [5.41, 5.74) is 0.855. The molecular weight excluding hydrogens is 292 g/mol. The van der Waals surface area contributed by atoms with E-state index >= 15 is 0 Å². The number of rotatable bonds is 5. The fraction of sp³-hybridized carbons (Fsp3) is 0.211. The summed E-state index contributed by atoms with van der Waals surface area (Å²) in [5, 5.41) is 10.3. The molecule has 0 atom stereocenters. The van der Waals surface area contributed by atoms with Crippen molar-refractivity contribution in [3.63, 3.8) is 0 Å². The lowest BCUT2D eigenvalue weighted by Gasteiger charge is -2.09. The largest absolute Gasteiger partial charge is 0.507 e. The Morgan fingerprint density at radius 1 is 1.13 bits per heavy atom. The molecule has 3 rings (SSSR count). The van der Waals surface area contributed by atoms with Crippen molar-refractivity contribution in [2.24, 2.45) is 0 Å². The maximum atomic E-state index is 12.3. The molecule has 0 saturated heterocycles. The zero-order chi connectivity index (χ0) is 16.2. The van der Waals surface area contributed by atoms with Crippen LogP contribution in [0.2, 0.25) is 0 Å². The van der Waals surface area contributed by atoms with E-state index in [0.717, 1.165) is 18.4 Å². The predicted molar refractivity (Wildman–Crippen MR) is 90.0 cm³/mol. The summed E-state index contributed by atoms with van der Waals surface area (Å²) in [6, 6.07) is 13.9. The minimum atomic E-state index is -0.275. The highest BCUT2D eigenvalue weighted by Crippen LogP contribution is 2.31. The normalized spacial score (nSPS) is 10.8. The molecule has 0 bridgehead atoms. The van der Waals surface area contributed by atoms with E-state index in [-0.39, 0.29) is 16.6 Å². The Kier molecular flexibility index (Phi) is 4.33. The van der Waals surface area contributed by atoms with Gasteiger partial charge in [0.25, 0.3) is 0 Å². The summed E-state index contributed by atoms with van der Waals surface area (Å²) >= 11 is 0. The molecule has 3 aromatic rings. The molecule has 0 fully saturated rings. The second kappa shape index (κ2) is 6.57. The molecule has 0 aliphatic heterocycles. The first-order chi connectivity index (χ1) is 11.2. The Balaban J connectivity index is 2.08. The highest BCUT2D eigenvalue weighted by atomic mass is 16.5. The van der Waals surface area contributed by atoms with Gasteiger partial charge >= 0.3 is 0 Å². The van der Waals surface area contributed by atoms with Crippen LogP contribution in [0.4, 0.5) is 0 Å². The van der Waals surface area contributed by atoms with Gasteiger partial charge in [-0.1, -0.05) is 43.7 Å². The van der Waals surface area contributed by atoms with Crippen molar-refractivity contribution >= 4 is 11.0 Å². The number of hydrogen-bond acceptors (Lipinski definition) is 4. The molecule has 2 aromatic carbocycles. The van der Waals surface area contributed by atoms with Crippen LogP contribution in [0.1, 0.15) is 19.8 Å². The van der Waals surface area contributed by atoms with Crippen LogP contribution in [0.15, 0.2) is 57.7 Å². The third kappa shape index (κ3) is 3.21. The molecule has 0 radical (unpaired) electrons. The van der Waals surface area contributed by atoms with E-state index in [0.29, 0.717) is 23.7 Å². The molecule has 0 aliphatic carbocycles. The van der Waals surface area contributed by atoms with Gasteiger partial charge in [0.1, 0.15) is 28.2 Å². The van der Waals surface area contributed by atoms with Crippen molar-refractivity contribution in [3.05, 3.63) is 58.8 Å². The highest BCUT2D eigenvalue weighted by Gasteiger charge is 2.12. The van der Waals surface area contributed by atoms with E-state index in [1.165, 1.54) is 12.1 Å². The number of hydrogen-bond donors (Lipinski definition) is 1. The zero-order valence-corrected chi connectivity index (χ0v) is 12.9. The van der Waals surface area contributed by atoms with Gasteiger partial charge in [-0.25, -0.2) is 0 Å². The minimum Gasteiger partial charge on any atom is -0.507 e. The van der Waals surface area contributed by atoms with Gasteiger partial charge in [-0.15, -0.1) is 0 Å². The zero-order valence-electron chi connectivity index (χ0n) is 12.9. The molecule has 23 heavy (non-hydrogen) atoms. The number of phenols is 1. The maximum Gasteiger partial charge on any atom is 0.197 e. The van der Waals surface area contributed by atoms with Gasteiger partial charge in [0, 0.05) is 23.8 Å². The highest BCUT2D eigenvalue weighted by molar-refractivity contribution is 5.86. The summed E-state index contributed by atoms with van der Waals surface area (Å²) in [4.78, 5) is 12.3. The Morgan fingerprint density at radius 3 is 2.65 bits per heavy atom. The van der Waals surface area contributed by atoms with Crippen molar-refractivity contribution in [1.29, 1.82) is 0 Å². The van der Waals surface area contributed by atoms with Crippen molar-refractivity contribution in [2.45, 2.75) is 19.8 Å². The molecule has 1 heterocycles. The quantitative estimate of drug-likeness (QED) is 0.712. The second-order valence-electron chi connectivity index (χ2n) is 5.36. The van der Waals surface area contributed by atoms with Gasteiger partial charge in [0.15, 0.2) is 5.43 Å². The van der Waals surface area contributed by atoms with E-state index in [1.54, 1.807) is 6.07 Å². The fourth-order valence-corrected chi connectivity index (χ4v) is 2.41. The monoisotopic (exact) mass is 310 g/mol. The predicted octanol–water partition coefficient (Wildman–Crippen LogP) is 4.34. The van der Waals surface area contributed by atoms with Crippen LogP contribution in [0.25, 0.3) is 22.3 Å². The van der Waals surface area contributed by atoms with E-state index in [9.17, 15) is 9.90 Å². The van der Waals surface area contributed by atoms with Crippen molar-refractivity contribution in [3.8, 4) is 22.8 Å². The summed E-state index contributed by atoms with van der Waals surface area (Å²) in [7, 11) is 0. The lowest BCUT2D eigenvalue weighted by atomic mass is 10.1. The molecule has 1 aromatic heterocycles. The van der Waals surface area contributed by atoms with E-state index < -0.39 is 0 Å². The van der Waals surface area contributed by atoms with Gasteiger partial charge < -0.3 is 14.3 Å². The third-order valence-corrected chi connectivity index (χ3v) is 3.61. The SMILES string of the molecule is CCCCOc1cc(O)c2c(=O)cc(-c3ccccc3)oc2c1. The molecule has 0 unspecified atom stereocenters. The van der Waals surface area contributed by atoms with Crippen LogP contribution in [0, 0.1) is 0 Å². The molecule has 0 amide bonds. The smallest absolute Gasteiger partial charge is 0.197 e. The number of ether oxygens (including phenoxy) is 1. The minimum absolute atomic E-state index is 0.123. The molecule has 0 saturated carbocycles. The van der Waals surface area contributed by atoms with Crippen LogP contribution < -0.4 is 10.2 Å². The Hall–Kier alpha value is -2.75. The lowest BCUT2D eigenvalue weighted by molar-refractivity contribution is 0.308. The maximum absolute atomic E-state index is 12.3. The van der Waals surface area contributed by atoms with E-state index in [2.05, 4.69) is 6.92 Å². The molecule has 0 aliphatic rings. The molecule has 4 heteroatoms. The van der Waals surface area contributed by atoms with Crippen molar-refractivity contribution in [1.82, 2.24) is 0 Å². The standard InChI is InChI=1S/C19H18O4/c1-2-3-9-22-14-10-15(20)19-16(21)12-17(23-18(19)11-14)13-7-5-4-6-8-13/h4-8,10-12,20H,2-3,9H2,1H3. The number of aromatic hydroxyl groups is 1. The van der Waals surface area contributed by atoms with Crippen LogP contribution in [-0.2, 0) is 0 Å². The molecule has 0 spiro atoms. The first-order valence-corrected chi connectivity index (χ1v) is 7.68. The molecule has 1 N–H and O–H groups in total. The first kappa shape index (κ1) is 15.2. The van der Waals surface area contributed by atoms with Gasteiger partial charge in [-0.2, -0.15) is 0 Å². The van der Waals surface area contributed by atoms with E-state index in [1.807, 2.05) is 30.3 Å². The number of fused-ring (bicyclic) bond motifs is 1. The average Bonchev–Trinajstić information content (AvgIpc) is 2.55. The van der Waals surface area contributed by atoms with Gasteiger partial charge in [0.05, 0.1) is 6.61 Å². The fourth-order valence-electron chi connectivity index (χ4n) is 2.41. The number of phenolic OH excluding ortho intramolecular Hbond substituents is 1. The molecule has 4 nitrogen and oxygen atoms in total. The van der Waals surface area contributed by atoms with Gasteiger partial charge in [-0.05, 0) is 6.42 Å². The van der Waals surface area contributed by atoms with Gasteiger partial charge in [0.2, 0.25) is 0 Å². The molecule has 118 valence electrons. The number of unbranched alkanes of at least 4 members (excludes halogenated alkanes) is 1.